The molecule has 0 atom stereocenters. The van der Waals surface area contributed by atoms with Crippen molar-refractivity contribution in [3.63, 3.8) is 0 Å². The van der Waals surface area contributed by atoms with E-state index in [2.05, 4.69) is 15.9 Å². The van der Waals surface area contributed by atoms with Gasteiger partial charge in [0.15, 0.2) is 5.78 Å². The summed E-state index contributed by atoms with van der Waals surface area (Å²) in [6, 6.07) is 4.90. The van der Waals surface area contributed by atoms with Gasteiger partial charge in [0.05, 0.1) is 0 Å². The number of carbonyl (C=O) groups is 1. The molecule has 2 nitrogen and oxygen atoms in total. The Morgan fingerprint density at radius 1 is 1.50 bits per heavy atom. The maximum atomic E-state index is 10.8. The summed E-state index contributed by atoms with van der Waals surface area (Å²) in [4.78, 5) is 10.8. The summed E-state index contributed by atoms with van der Waals surface area (Å²) in [7, 11) is 0. The Hall–Kier alpha value is 0.612. The second-order valence-electron chi connectivity index (χ2n) is 2.25. The number of ketones is 1. The first-order chi connectivity index (χ1) is 5.11. The molecule has 61 valence electrons. The van der Waals surface area contributed by atoms with Gasteiger partial charge >= 0.3 is 0 Å². The summed E-state index contributed by atoms with van der Waals surface area (Å²) < 4.78 is 0.658. The molecule has 0 saturated heterocycles. The maximum absolute atomic E-state index is 10.8. The fourth-order valence-electron chi connectivity index (χ4n) is 0.734. The summed E-state index contributed by atoms with van der Waals surface area (Å²) in [5.74, 6) is 0.0192. The fraction of sp³-hybridized carbons (Fsp3) is 0.125. The number of Topliss-reactive ketones (excluding diaryl/α,β-unsaturated/α-hetero) is 1. The van der Waals surface area contributed by atoms with Gasteiger partial charge in [-0.05, 0) is 13.0 Å². The molecular formula is C8H7AcBrNO-. The number of nitrogens with one attached hydrogen (secondary N) is 1. The molecule has 0 saturated carbocycles. The minimum atomic E-state index is 0. The third-order valence-electron chi connectivity index (χ3n) is 1.38. The minimum absolute atomic E-state index is 0. The molecule has 0 amide bonds. The summed E-state index contributed by atoms with van der Waals surface area (Å²) in [5.41, 5.74) is 8.33. The molecule has 1 aromatic carbocycles. The van der Waals surface area contributed by atoms with Crippen LogP contribution in [0.4, 0.5) is 5.69 Å². The van der Waals surface area contributed by atoms with Crippen molar-refractivity contribution < 1.29 is 48.9 Å². The second kappa shape index (κ2) is 5.36. The molecule has 0 spiro atoms. The first-order valence-corrected chi connectivity index (χ1v) is 3.92. The van der Waals surface area contributed by atoms with Crippen LogP contribution in [0.1, 0.15) is 17.3 Å². The monoisotopic (exact) mass is 439 g/mol. The predicted octanol–water partition coefficient (Wildman–Crippen LogP) is 3.34. The molecule has 12 heavy (non-hydrogen) atoms. The van der Waals surface area contributed by atoms with Gasteiger partial charge in [-0.25, -0.2) is 0 Å². The van der Waals surface area contributed by atoms with Gasteiger partial charge in [0.2, 0.25) is 0 Å². The van der Waals surface area contributed by atoms with E-state index in [4.69, 9.17) is 5.73 Å². The molecule has 1 radical (unpaired) electrons. The van der Waals surface area contributed by atoms with Gasteiger partial charge < -0.3 is 5.73 Å². The van der Waals surface area contributed by atoms with E-state index in [1.165, 1.54) is 6.92 Å². The Kier molecular flexibility index (Phi) is 5.64. The molecule has 0 heterocycles. The Labute approximate surface area is 116 Å². The van der Waals surface area contributed by atoms with Gasteiger partial charge in [-0.1, -0.05) is 28.1 Å². The molecular weight excluding hydrogens is 433 g/mol. The van der Waals surface area contributed by atoms with Crippen LogP contribution in [0.25, 0.3) is 5.73 Å². The van der Waals surface area contributed by atoms with Gasteiger partial charge in [0, 0.05) is 54.1 Å². The summed E-state index contributed by atoms with van der Waals surface area (Å²) in [6.07, 6.45) is 0. The molecule has 0 aliphatic heterocycles. The largest absolute Gasteiger partial charge is 0.698 e. The average Bonchev–Trinajstić information content (AvgIpc) is 1.94. The number of benzene rings is 1. The van der Waals surface area contributed by atoms with E-state index >= 15 is 0 Å². The van der Waals surface area contributed by atoms with Gasteiger partial charge in [-0.2, -0.15) is 0 Å². The molecule has 1 N–H and O–H groups in total. The van der Waals surface area contributed by atoms with Crippen LogP contribution in [0.5, 0.6) is 0 Å². The van der Waals surface area contributed by atoms with Crippen LogP contribution in [-0.4, -0.2) is 5.78 Å². The SMILES string of the molecule is CC(=O)c1ccc([NH-])c(Br)c1.[Ac]. The zero-order chi connectivity index (χ0) is 8.43. The van der Waals surface area contributed by atoms with Crippen molar-refractivity contribution in [1.82, 2.24) is 0 Å². The molecule has 0 bridgehead atoms. The number of rotatable bonds is 1. The van der Waals surface area contributed by atoms with Crippen molar-refractivity contribution in [3.8, 4) is 0 Å². The van der Waals surface area contributed by atoms with Crippen LogP contribution < -0.4 is 0 Å². The normalized spacial score (nSPS) is 8.83. The summed E-state index contributed by atoms with van der Waals surface area (Å²) in [6.45, 7) is 1.51. The molecule has 0 unspecified atom stereocenters. The van der Waals surface area contributed by atoms with E-state index in [-0.39, 0.29) is 49.8 Å². The number of hydrogen-bond donors (Lipinski definition) is 0. The van der Waals surface area contributed by atoms with E-state index in [0.717, 1.165) is 0 Å². The Bertz CT molecular complexity index is 301. The summed E-state index contributed by atoms with van der Waals surface area (Å²) in [5, 5.41) is 0. The maximum Gasteiger partial charge on any atom is 0.159 e. The topological polar surface area (TPSA) is 40.9 Å². The standard InChI is InChI=1S/C8H8BrNO.Ac/c1-5(11)6-2-3-8(10)7(9)4-6;/h2-4H,1H3,(H2,10,11);/p-1. The third-order valence-corrected chi connectivity index (χ3v) is 2.03. The van der Waals surface area contributed by atoms with Gasteiger partial charge in [-0.15, -0.1) is 5.69 Å². The van der Waals surface area contributed by atoms with Crippen LogP contribution in [0, 0.1) is 44.1 Å². The fourth-order valence-corrected chi connectivity index (χ4v) is 1.11. The van der Waals surface area contributed by atoms with Gasteiger partial charge in [0.1, 0.15) is 0 Å². The van der Waals surface area contributed by atoms with Crippen LogP contribution in [0.2, 0.25) is 0 Å². The summed E-state index contributed by atoms with van der Waals surface area (Å²) >= 11 is 3.17. The van der Waals surface area contributed by atoms with Crippen LogP contribution in [0.15, 0.2) is 22.7 Å². The number of carbonyl (C=O) groups excluding carboxylic acids is 1. The molecule has 0 fully saturated rings. The van der Waals surface area contributed by atoms with Crippen molar-refractivity contribution in [1.29, 1.82) is 0 Å². The Balaban J connectivity index is 0.00000121. The van der Waals surface area contributed by atoms with E-state index in [9.17, 15) is 4.79 Å². The van der Waals surface area contributed by atoms with Crippen molar-refractivity contribution >= 4 is 27.4 Å². The zero-order valence-electron chi connectivity index (χ0n) is 6.60. The number of halogens is 1. The van der Waals surface area contributed by atoms with E-state index in [1.807, 2.05) is 0 Å². The Morgan fingerprint density at radius 2 is 2.08 bits per heavy atom. The second-order valence-corrected chi connectivity index (χ2v) is 3.11. The van der Waals surface area contributed by atoms with Gasteiger partial charge in [0.25, 0.3) is 0 Å². The minimum Gasteiger partial charge on any atom is -0.698 e. The molecule has 0 aliphatic carbocycles. The Morgan fingerprint density at radius 3 is 2.50 bits per heavy atom. The van der Waals surface area contributed by atoms with E-state index in [1.54, 1.807) is 18.2 Å². The van der Waals surface area contributed by atoms with Crippen molar-refractivity contribution in [2.45, 2.75) is 6.92 Å². The van der Waals surface area contributed by atoms with Crippen molar-refractivity contribution in [2.75, 3.05) is 0 Å². The van der Waals surface area contributed by atoms with Gasteiger partial charge in [-0.3, -0.25) is 4.79 Å². The zero-order valence-corrected chi connectivity index (χ0v) is 12.9. The third kappa shape index (κ3) is 3.16. The first-order valence-electron chi connectivity index (χ1n) is 3.13. The predicted molar refractivity (Wildman–Crippen MR) is 48.1 cm³/mol. The molecule has 1 rings (SSSR count). The van der Waals surface area contributed by atoms with E-state index in [0.29, 0.717) is 15.7 Å². The average molecular weight is 440 g/mol. The van der Waals surface area contributed by atoms with Crippen LogP contribution in [0.3, 0.4) is 0 Å². The smallest absolute Gasteiger partial charge is 0.159 e. The molecule has 0 aromatic heterocycles. The van der Waals surface area contributed by atoms with Crippen LogP contribution in [-0.2, 0) is 0 Å². The quantitative estimate of drug-likeness (QED) is 0.618. The van der Waals surface area contributed by atoms with Crippen molar-refractivity contribution in [2.24, 2.45) is 0 Å². The molecule has 1 aromatic rings. The van der Waals surface area contributed by atoms with Crippen LogP contribution >= 0.6 is 15.9 Å². The van der Waals surface area contributed by atoms with E-state index < -0.39 is 0 Å². The first kappa shape index (κ1) is 12.6. The van der Waals surface area contributed by atoms with Crippen molar-refractivity contribution in [3.05, 3.63) is 34.0 Å². The molecule has 0 aliphatic rings. The number of hydrogen-bond acceptors (Lipinski definition) is 1. The molecule has 4 heteroatoms.